The van der Waals surface area contributed by atoms with E-state index in [1.165, 1.54) is 41.8 Å². The van der Waals surface area contributed by atoms with Gasteiger partial charge in [-0.25, -0.2) is 0 Å². The van der Waals surface area contributed by atoms with E-state index < -0.39 is 0 Å². The zero-order valence-electron chi connectivity index (χ0n) is 24.4. The summed E-state index contributed by atoms with van der Waals surface area (Å²) < 4.78 is 4.86. The molecule has 7 heteroatoms. The Morgan fingerprint density at radius 3 is 2.26 bits per heavy atom. The van der Waals surface area contributed by atoms with Crippen LogP contribution >= 0.6 is 24.0 Å². The molecule has 3 aromatic rings. The second kappa shape index (κ2) is 15.5. The lowest BCUT2D eigenvalue weighted by Crippen LogP contribution is -2.24. The fourth-order valence-electron chi connectivity index (χ4n) is 5.23. The van der Waals surface area contributed by atoms with Gasteiger partial charge in [0, 0.05) is 40.5 Å². The van der Waals surface area contributed by atoms with E-state index >= 15 is 0 Å². The van der Waals surface area contributed by atoms with Crippen molar-refractivity contribution in [3.63, 3.8) is 0 Å². The maximum Gasteiger partial charge on any atom is 0.220 e. The van der Waals surface area contributed by atoms with Crippen LogP contribution in [-0.2, 0) is 27.2 Å². The number of para-hydroxylation sites is 1. The Kier molecular flexibility index (Phi) is 12.2. The van der Waals surface area contributed by atoms with Crippen molar-refractivity contribution in [1.82, 2.24) is 4.90 Å². The molecule has 0 saturated carbocycles. The third-order valence-electron chi connectivity index (χ3n) is 7.30. The first kappa shape index (κ1) is 32.9. The molecule has 0 bridgehead atoms. The molecule has 42 heavy (non-hydrogen) atoms. The summed E-state index contributed by atoms with van der Waals surface area (Å²) in [6.45, 7) is 5.86. The average Bonchev–Trinajstić information content (AvgIpc) is 3.12. The molecule has 1 aliphatic heterocycles. The highest BCUT2D eigenvalue weighted by molar-refractivity contribution is 6.31. The Hall–Kier alpha value is -3.64. The minimum atomic E-state index is -0.292. The first-order valence-corrected chi connectivity index (χ1v) is 14.2. The summed E-state index contributed by atoms with van der Waals surface area (Å²) in [4.78, 5) is 28.5. The van der Waals surface area contributed by atoms with Crippen LogP contribution < -0.4 is 4.90 Å². The second-order valence-corrected chi connectivity index (χ2v) is 10.8. The molecular weight excluding hydrogens is 567 g/mol. The largest absolute Gasteiger partial charge is 0.493 e. The molecule has 1 aliphatic carbocycles. The highest BCUT2D eigenvalue weighted by Crippen LogP contribution is 2.37. The standard InChI is InChI=1S/C19H23ClN2.C16H14O3.ClH/c1-21(2)12-5-13-22-18-7-4-3-6-15(18)8-9-16-10-11-17(20)14-19(16)22;1-3-12(11-7-5-4-6-8-11)13-9-15(18)16(19-2)10-14(13)17;/h3-4,6-7,10-11,14H,5,8-9,12-13H2,1-2H3;3-10,12H,1H2,2H3;1H. The van der Waals surface area contributed by atoms with Gasteiger partial charge in [0.2, 0.25) is 5.78 Å². The molecule has 0 aromatic heterocycles. The molecule has 1 unspecified atom stereocenters. The normalized spacial score (nSPS) is 14.6. The first-order valence-electron chi connectivity index (χ1n) is 13.8. The Bertz CT molecular complexity index is 1460. The molecule has 0 spiro atoms. The van der Waals surface area contributed by atoms with Gasteiger partial charge in [0.15, 0.2) is 11.5 Å². The molecule has 3 aromatic carbocycles. The summed E-state index contributed by atoms with van der Waals surface area (Å²) in [6.07, 6.45) is 7.53. The van der Waals surface area contributed by atoms with Gasteiger partial charge < -0.3 is 14.5 Å². The number of carbonyl (C=O) groups is 2. The van der Waals surface area contributed by atoms with Crippen molar-refractivity contribution in [2.75, 3.05) is 39.2 Å². The second-order valence-electron chi connectivity index (χ2n) is 10.4. The van der Waals surface area contributed by atoms with Crippen LogP contribution in [0.2, 0.25) is 5.02 Å². The van der Waals surface area contributed by atoms with Crippen molar-refractivity contribution in [3.05, 3.63) is 131 Å². The SMILES string of the molecule is C=CC(C1=CC(=O)C(OC)=CC1=O)c1ccccc1.CN(C)CCCN1c2ccccc2CCc2ccc(Cl)cc21.Cl. The first-order chi connectivity index (χ1) is 19.8. The van der Waals surface area contributed by atoms with Gasteiger partial charge in [-0.3, -0.25) is 9.59 Å². The van der Waals surface area contributed by atoms with Crippen LogP contribution in [0.15, 0.2) is 109 Å². The van der Waals surface area contributed by atoms with Crippen molar-refractivity contribution in [2.45, 2.75) is 25.2 Å². The van der Waals surface area contributed by atoms with E-state index in [4.69, 9.17) is 16.3 Å². The van der Waals surface area contributed by atoms with Gasteiger partial charge in [-0.2, -0.15) is 0 Å². The van der Waals surface area contributed by atoms with Crippen LogP contribution in [0.25, 0.3) is 0 Å². The predicted octanol–water partition coefficient (Wildman–Crippen LogP) is 7.51. The van der Waals surface area contributed by atoms with Crippen LogP contribution in [0.3, 0.4) is 0 Å². The number of methoxy groups -OCH3 is 1. The molecule has 0 fully saturated rings. The molecule has 1 atom stereocenters. The Balaban J connectivity index is 0.000000228. The summed E-state index contributed by atoms with van der Waals surface area (Å²) >= 11 is 6.27. The number of halogens is 2. The molecule has 1 heterocycles. The maximum absolute atomic E-state index is 12.1. The van der Waals surface area contributed by atoms with E-state index in [1.54, 1.807) is 6.08 Å². The zero-order chi connectivity index (χ0) is 29.4. The van der Waals surface area contributed by atoms with E-state index in [2.05, 4.69) is 66.9 Å². The fraction of sp³-hybridized carbons (Fsp3) is 0.257. The van der Waals surface area contributed by atoms with E-state index in [1.807, 2.05) is 36.4 Å². The van der Waals surface area contributed by atoms with Gasteiger partial charge in [-0.05, 0) is 80.9 Å². The van der Waals surface area contributed by atoms with E-state index in [0.29, 0.717) is 5.57 Å². The summed E-state index contributed by atoms with van der Waals surface area (Å²) in [5.74, 6) is -0.720. The van der Waals surface area contributed by atoms with Crippen LogP contribution in [0.1, 0.15) is 29.0 Å². The number of allylic oxidation sites excluding steroid dienone is 4. The quantitative estimate of drug-likeness (QED) is 0.197. The Morgan fingerprint density at radius 2 is 1.60 bits per heavy atom. The fourth-order valence-corrected chi connectivity index (χ4v) is 5.40. The van der Waals surface area contributed by atoms with Gasteiger partial charge in [-0.15, -0.1) is 19.0 Å². The summed E-state index contributed by atoms with van der Waals surface area (Å²) in [5.41, 5.74) is 6.79. The van der Waals surface area contributed by atoms with Gasteiger partial charge in [0.1, 0.15) is 0 Å². The van der Waals surface area contributed by atoms with Crippen LogP contribution in [-0.4, -0.2) is 50.8 Å². The van der Waals surface area contributed by atoms with Crippen molar-refractivity contribution < 1.29 is 14.3 Å². The molecule has 0 radical (unpaired) electrons. The summed E-state index contributed by atoms with van der Waals surface area (Å²) in [7, 11) is 5.63. The number of ketones is 2. The van der Waals surface area contributed by atoms with Crippen molar-refractivity contribution in [1.29, 1.82) is 0 Å². The van der Waals surface area contributed by atoms with Gasteiger partial charge >= 0.3 is 0 Å². The van der Waals surface area contributed by atoms with Crippen molar-refractivity contribution >= 4 is 46.9 Å². The van der Waals surface area contributed by atoms with E-state index in [9.17, 15) is 9.59 Å². The minimum Gasteiger partial charge on any atom is -0.493 e. The molecular formula is C35H38Cl2N2O3. The third-order valence-corrected chi connectivity index (χ3v) is 7.53. The van der Waals surface area contributed by atoms with Crippen molar-refractivity contribution in [2.24, 2.45) is 0 Å². The third kappa shape index (κ3) is 8.01. The number of carbonyl (C=O) groups excluding carboxylic acids is 2. The lowest BCUT2D eigenvalue weighted by Gasteiger charge is -2.27. The van der Waals surface area contributed by atoms with Crippen LogP contribution in [0, 0.1) is 0 Å². The molecule has 5 nitrogen and oxygen atoms in total. The Morgan fingerprint density at radius 1 is 0.929 bits per heavy atom. The highest BCUT2D eigenvalue weighted by Gasteiger charge is 2.26. The number of anilines is 2. The number of fused-ring (bicyclic) bond motifs is 2. The van der Waals surface area contributed by atoms with Gasteiger partial charge in [0.05, 0.1) is 7.11 Å². The van der Waals surface area contributed by atoms with Crippen LogP contribution in [0.4, 0.5) is 11.4 Å². The Labute approximate surface area is 260 Å². The smallest absolute Gasteiger partial charge is 0.220 e. The topological polar surface area (TPSA) is 49.9 Å². The summed E-state index contributed by atoms with van der Waals surface area (Å²) in [5, 5.41) is 0.816. The number of benzene rings is 3. The van der Waals surface area contributed by atoms with E-state index in [-0.39, 0.29) is 35.7 Å². The zero-order valence-corrected chi connectivity index (χ0v) is 26.0. The number of aryl methyl sites for hydroxylation is 2. The molecule has 5 rings (SSSR count). The maximum atomic E-state index is 12.1. The number of hydrogen-bond acceptors (Lipinski definition) is 5. The molecule has 2 aliphatic rings. The van der Waals surface area contributed by atoms with Crippen molar-refractivity contribution in [3.8, 4) is 0 Å². The monoisotopic (exact) mass is 604 g/mol. The number of ether oxygens (including phenoxy) is 1. The average molecular weight is 606 g/mol. The molecule has 0 N–H and O–H groups in total. The van der Waals surface area contributed by atoms with Gasteiger partial charge in [-0.1, -0.05) is 72.3 Å². The predicted molar refractivity (Wildman–Crippen MR) is 175 cm³/mol. The molecule has 0 amide bonds. The summed E-state index contributed by atoms with van der Waals surface area (Å²) in [6, 6.07) is 24.5. The molecule has 0 saturated heterocycles. The lowest BCUT2D eigenvalue weighted by atomic mass is 9.85. The minimum absolute atomic E-state index is 0. The van der Waals surface area contributed by atoms with Crippen LogP contribution in [0.5, 0.6) is 0 Å². The van der Waals surface area contributed by atoms with E-state index in [0.717, 1.165) is 42.9 Å². The lowest BCUT2D eigenvalue weighted by molar-refractivity contribution is -0.117. The molecule has 220 valence electrons. The highest BCUT2D eigenvalue weighted by atomic mass is 35.5. The number of nitrogens with zero attached hydrogens (tertiary/aromatic N) is 2. The van der Waals surface area contributed by atoms with Gasteiger partial charge in [0.25, 0.3) is 0 Å². The number of hydrogen-bond donors (Lipinski definition) is 0. The number of rotatable bonds is 8.